The number of rotatable bonds is 7. The zero-order valence-corrected chi connectivity index (χ0v) is 13.2. The number of carboxylic acid groups (broad SMARTS) is 1. The molecule has 0 saturated carbocycles. The van der Waals surface area contributed by atoms with E-state index in [0.717, 1.165) is 6.26 Å². The first-order valence-corrected chi connectivity index (χ1v) is 8.89. The predicted molar refractivity (Wildman–Crippen MR) is 66.0 cm³/mol. The fourth-order valence-corrected chi connectivity index (χ4v) is 4.17. The molecule has 0 aliphatic rings. The summed E-state index contributed by atoms with van der Waals surface area (Å²) in [5, 5.41) is 10.8. The summed E-state index contributed by atoms with van der Waals surface area (Å²) in [6.45, 7) is -0.354. The van der Waals surface area contributed by atoms with Gasteiger partial charge in [-0.25, -0.2) is 12.6 Å². The van der Waals surface area contributed by atoms with Crippen LogP contribution in [0.3, 0.4) is 0 Å². The van der Waals surface area contributed by atoms with Crippen molar-refractivity contribution in [3.05, 3.63) is 0 Å². The van der Waals surface area contributed by atoms with Crippen LogP contribution in [0.5, 0.6) is 0 Å². The van der Waals surface area contributed by atoms with Gasteiger partial charge in [0.2, 0.25) is 4.93 Å². The highest BCUT2D eigenvalue weighted by atomic mass is 32.2. The highest BCUT2D eigenvalue weighted by Crippen LogP contribution is 2.27. The van der Waals surface area contributed by atoms with E-state index < -0.39 is 37.3 Å². The minimum Gasteiger partial charge on any atom is -0.550 e. The van der Waals surface area contributed by atoms with Crippen molar-refractivity contribution in [2.45, 2.75) is 11.4 Å². The van der Waals surface area contributed by atoms with Crippen LogP contribution in [0.2, 0.25) is 0 Å². The van der Waals surface area contributed by atoms with Gasteiger partial charge in [0.25, 0.3) is 10.1 Å². The Morgan fingerprint density at radius 3 is 1.79 bits per heavy atom. The quantitative estimate of drug-likeness (QED) is 0.378. The molecule has 114 valence electrons. The first-order chi connectivity index (χ1) is 8.08. The number of carbonyl (C=O) groups is 1. The van der Waals surface area contributed by atoms with E-state index in [-0.39, 0.29) is 11.0 Å². The lowest BCUT2D eigenvalue weighted by Gasteiger charge is -2.36. The Bertz CT molecular complexity index is 544. The van der Waals surface area contributed by atoms with Crippen LogP contribution in [0.4, 0.5) is 0 Å². The molecule has 0 N–H and O–H groups in total. The number of likely N-dealkylation sites (N-methyl/N-ethyl adjacent to an activating group) is 1. The van der Waals surface area contributed by atoms with Gasteiger partial charge in [-0.1, -0.05) is 0 Å². The molecular weight excluding hydrogens is 298 g/mol. The molecule has 0 unspecified atom stereocenters. The van der Waals surface area contributed by atoms with Crippen LogP contribution in [0, 0.1) is 0 Å². The van der Waals surface area contributed by atoms with Crippen LogP contribution < -0.4 is 5.11 Å². The van der Waals surface area contributed by atoms with Crippen LogP contribution in [0.25, 0.3) is 0 Å². The van der Waals surface area contributed by atoms with Crippen molar-refractivity contribution >= 4 is 25.9 Å². The summed E-state index contributed by atoms with van der Waals surface area (Å²) in [6.07, 6.45) is 0.336. The number of nitrogens with zero attached hydrogens (tertiary/aromatic N) is 1. The number of aliphatic carboxylic acids is 1. The summed E-state index contributed by atoms with van der Waals surface area (Å²) >= 11 is 0. The van der Waals surface area contributed by atoms with Crippen molar-refractivity contribution in [3.8, 4) is 0 Å². The first-order valence-electron chi connectivity index (χ1n) is 5.18. The largest absolute Gasteiger partial charge is 0.550 e. The van der Waals surface area contributed by atoms with E-state index in [1.165, 1.54) is 0 Å². The summed E-state index contributed by atoms with van der Waals surface area (Å²) < 4.78 is 50.8. The zero-order chi connectivity index (χ0) is 15.7. The van der Waals surface area contributed by atoms with Gasteiger partial charge < -0.3 is 14.4 Å². The Kier molecular flexibility index (Phi) is 5.15. The smallest absolute Gasteiger partial charge is 0.266 e. The Balaban J connectivity index is 5.95. The first kappa shape index (κ1) is 18.3. The lowest BCUT2D eigenvalue weighted by Crippen LogP contribution is -2.57. The second-order valence-electron chi connectivity index (χ2n) is 5.47. The van der Waals surface area contributed by atoms with Gasteiger partial charge in [0, 0.05) is 18.6 Å². The lowest BCUT2D eigenvalue weighted by atomic mass is 10.2. The second-order valence-corrected chi connectivity index (χ2v) is 9.33. The number of carboxylic acids is 1. The summed E-state index contributed by atoms with van der Waals surface area (Å²) in [4.78, 5) is 8.40. The highest BCUT2D eigenvalue weighted by molar-refractivity contribution is 7.93. The third-order valence-corrected chi connectivity index (χ3v) is 4.54. The molecule has 0 radical (unpaired) electrons. The van der Waals surface area contributed by atoms with Gasteiger partial charge in [-0.15, -0.1) is 0 Å². The van der Waals surface area contributed by atoms with Gasteiger partial charge in [0.15, 0.2) is 9.84 Å². The van der Waals surface area contributed by atoms with Gasteiger partial charge in [-0.3, -0.25) is 0 Å². The van der Waals surface area contributed by atoms with Crippen molar-refractivity contribution in [2.24, 2.45) is 0 Å². The molecule has 0 heterocycles. The summed E-state index contributed by atoms with van der Waals surface area (Å²) in [5.74, 6) is -1.71. The Morgan fingerprint density at radius 2 is 1.58 bits per heavy atom. The van der Waals surface area contributed by atoms with E-state index >= 15 is 0 Å². The predicted octanol–water partition coefficient (Wildman–Crippen LogP) is -2.45. The van der Waals surface area contributed by atoms with E-state index in [9.17, 15) is 26.7 Å². The molecule has 19 heavy (non-hydrogen) atoms. The maximum atomic E-state index is 11.9. The van der Waals surface area contributed by atoms with Crippen molar-refractivity contribution in [3.63, 3.8) is 0 Å². The maximum Gasteiger partial charge on any atom is 0.266 e. The third-order valence-electron chi connectivity index (χ3n) is 2.11. The molecule has 10 heteroatoms. The molecule has 0 fully saturated rings. The van der Waals surface area contributed by atoms with Crippen LogP contribution in [-0.2, 0) is 28.9 Å². The van der Waals surface area contributed by atoms with E-state index in [4.69, 9.17) is 0 Å². The van der Waals surface area contributed by atoms with Gasteiger partial charge in [0.1, 0.15) is 6.54 Å². The Hall–Kier alpha value is -0.710. The number of hydrogen-bond donors (Lipinski definition) is 0. The van der Waals surface area contributed by atoms with Gasteiger partial charge in [0.05, 0.1) is 27.4 Å². The van der Waals surface area contributed by atoms with E-state index in [0.29, 0.717) is 6.26 Å². The summed E-state index contributed by atoms with van der Waals surface area (Å²) in [6, 6.07) is 0. The van der Waals surface area contributed by atoms with E-state index in [2.05, 4.69) is 4.18 Å². The zero-order valence-electron chi connectivity index (χ0n) is 11.5. The summed E-state index contributed by atoms with van der Waals surface area (Å²) in [7, 11) is -3.54. The minimum absolute atomic E-state index is 0.00410. The van der Waals surface area contributed by atoms with Crippen molar-refractivity contribution in [2.75, 3.05) is 40.2 Å². The van der Waals surface area contributed by atoms with E-state index in [1.807, 2.05) is 0 Å². The number of sulfone groups is 1. The number of carbonyl (C=O) groups excluding carboxylic acids is 1. The second kappa shape index (κ2) is 5.35. The average molecular weight is 317 g/mol. The molecule has 0 aromatic rings. The fourth-order valence-electron chi connectivity index (χ4n) is 1.64. The molecule has 0 aromatic heterocycles. The molecule has 0 saturated heterocycles. The standard InChI is InChI=1S/C9H19NO7S2/c1-10(2,3)7-9(6-8(11)12,18(4,13)14)17-19(5,15)16/h6-7H2,1-5H3/t9-/m1/s1. The normalized spacial score (nSPS) is 16.9. The summed E-state index contributed by atoms with van der Waals surface area (Å²) in [5.41, 5.74) is 0. The lowest BCUT2D eigenvalue weighted by molar-refractivity contribution is -0.874. The molecule has 0 rings (SSSR count). The van der Waals surface area contributed by atoms with Crippen molar-refractivity contribution in [1.29, 1.82) is 0 Å². The molecular formula is C9H19NO7S2. The van der Waals surface area contributed by atoms with E-state index in [1.54, 1.807) is 21.1 Å². The van der Waals surface area contributed by atoms with Crippen LogP contribution >= 0.6 is 0 Å². The van der Waals surface area contributed by atoms with Crippen LogP contribution in [0.1, 0.15) is 6.42 Å². The fraction of sp³-hybridized carbons (Fsp3) is 0.889. The molecule has 0 bridgehead atoms. The highest BCUT2D eigenvalue weighted by Gasteiger charge is 2.49. The minimum atomic E-state index is -4.16. The van der Waals surface area contributed by atoms with Crippen LogP contribution in [0.15, 0.2) is 0 Å². The molecule has 1 atom stereocenters. The molecule has 0 aliphatic carbocycles. The maximum absolute atomic E-state index is 11.9. The van der Waals surface area contributed by atoms with Gasteiger partial charge >= 0.3 is 0 Å². The Morgan fingerprint density at radius 1 is 1.16 bits per heavy atom. The average Bonchev–Trinajstić information content (AvgIpc) is 1.91. The molecule has 0 aromatic carbocycles. The molecule has 8 nitrogen and oxygen atoms in total. The van der Waals surface area contributed by atoms with Gasteiger partial charge in [-0.05, 0) is 0 Å². The SMILES string of the molecule is C[N+](C)(C)C[C@](CC(=O)[O-])(OS(C)(=O)=O)S(C)(=O)=O. The molecule has 0 aliphatic heterocycles. The molecule has 0 amide bonds. The van der Waals surface area contributed by atoms with Crippen molar-refractivity contribution < 1.29 is 35.4 Å². The Labute approximate surface area is 113 Å². The van der Waals surface area contributed by atoms with Crippen molar-refractivity contribution in [1.82, 2.24) is 0 Å². The van der Waals surface area contributed by atoms with Gasteiger partial charge in [-0.2, -0.15) is 8.42 Å². The third kappa shape index (κ3) is 6.32. The monoisotopic (exact) mass is 317 g/mol. The molecule has 0 spiro atoms. The number of hydrogen-bond acceptors (Lipinski definition) is 7. The number of quaternary nitrogens is 1. The topological polar surface area (TPSA) is 118 Å². The van der Waals surface area contributed by atoms with Crippen LogP contribution in [-0.4, -0.2) is 72.4 Å².